The summed E-state index contributed by atoms with van der Waals surface area (Å²) in [6.07, 6.45) is 40.6. The molecule has 8 rings (SSSR count). The van der Waals surface area contributed by atoms with Gasteiger partial charge in [-0.3, -0.25) is 0 Å². The standard InChI is InChI=1S/C63H78N2O/c1-11-24-50(49-31-14-13-15-32-49)46(6)42-64(39-38-58-51(25-12-2)52-33-18-20-36-57(52)63(58,9)10)47(7)29-22-27-43(3)44(4)28-23-30-48(8)65-59-37-21-19-34-53(59)55-40-56-54-35-17-16-26-45(5)62(54)66-61(56)41-60(55)65/h11,13-17,20-21,24-25,31-32,36-38,41,45-46,54,56,62H,1,3-4,7-8,12,18-19,22-23,26-30,33-35,39-40,42H2,2,5-6,9-10H3. The van der Waals surface area contributed by atoms with Gasteiger partial charge in [0.2, 0.25) is 0 Å². The Bertz CT molecular complexity index is 2480. The van der Waals surface area contributed by atoms with Crippen LogP contribution in [0.25, 0.3) is 23.4 Å². The fraction of sp³-hybridized carbons (Fsp3) is 0.429. The van der Waals surface area contributed by atoms with Gasteiger partial charge >= 0.3 is 0 Å². The molecule has 2 aromatic rings. The lowest BCUT2D eigenvalue weighted by Crippen LogP contribution is -2.29. The van der Waals surface area contributed by atoms with Gasteiger partial charge in [0, 0.05) is 53.5 Å². The van der Waals surface area contributed by atoms with E-state index in [0.717, 1.165) is 114 Å². The van der Waals surface area contributed by atoms with Gasteiger partial charge in [-0.2, -0.15) is 0 Å². The molecule has 1 aromatic heterocycles. The molecule has 1 aliphatic heterocycles. The minimum Gasteiger partial charge on any atom is -0.494 e. The van der Waals surface area contributed by atoms with E-state index in [-0.39, 0.29) is 11.3 Å². The van der Waals surface area contributed by atoms with E-state index in [1.165, 1.54) is 67.5 Å². The summed E-state index contributed by atoms with van der Waals surface area (Å²) in [7, 11) is 0. The van der Waals surface area contributed by atoms with Gasteiger partial charge in [-0.05, 0) is 152 Å². The van der Waals surface area contributed by atoms with Crippen molar-refractivity contribution in [3.05, 3.63) is 191 Å². The normalized spacial score (nSPS) is 24.1. The molecule has 6 aliphatic rings. The minimum absolute atomic E-state index is 0.0208. The van der Waals surface area contributed by atoms with Gasteiger partial charge in [-0.15, -0.1) is 0 Å². The summed E-state index contributed by atoms with van der Waals surface area (Å²) in [6, 6.07) is 10.8. The number of fused-ring (bicyclic) bond motifs is 6. The molecule has 5 unspecified atom stereocenters. The molecular formula is C63H78N2O. The highest BCUT2D eigenvalue weighted by atomic mass is 16.5. The molecule has 1 fully saturated rings. The van der Waals surface area contributed by atoms with Gasteiger partial charge in [0.15, 0.2) is 0 Å². The molecule has 0 amide bonds. The predicted octanol–water partition coefficient (Wildman–Crippen LogP) is 16.6. The average molecular weight is 879 g/mol. The Labute approximate surface area is 399 Å². The van der Waals surface area contributed by atoms with Crippen molar-refractivity contribution < 1.29 is 4.74 Å². The van der Waals surface area contributed by atoms with Crippen LogP contribution in [0.15, 0.2) is 163 Å². The molecule has 5 aliphatic carbocycles. The second-order valence-electron chi connectivity index (χ2n) is 20.7. The zero-order chi connectivity index (χ0) is 46.5. The molecule has 3 heteroatoms. The van der Waals surface area contributed by atoms with Gasteiger partial charge in [0.05, 0.1) is 5.69 Å². The van der Waals surface area contributed by atoms with E-state index in [4.69, 9.17) is 17.9 Å². The van der Waals surface area contributed by atoms with Crippen molar-refractivity contribution in [2.45, 2.75) is 131 Å². The van der Waals surface area contributed by atoms with Crippen molar-refractivity contribution in [1.29, 1.82) is 0 Å². The Morgan fingerprint density at radius 2 is 1.61 bits per heavy atom. The number of hydrogen-bond donors (Lipinski definition) is 0. The van der Waals surface area contributed by atoms with Crippen LogP contribution < -0.4 is 0 Å². The number of hydrogen-bond acceptors (Lipinski definition) is 2. The molecule has 346 valence electrons. The Balaban J connectivity index is 0.903. The number of allylic oxidation sites excluding steroid dienone is 17. The summed E-state index contributed by atoms with van der Waals surface area (Å²) in [5.74, 6) is 3.09. The maximum atomic E-state index is 6.82. The number of benzene rings is 1. The zero-order valence-electron chi connectivity index (χ0n) is 41.3. The molecule has 5 atom stereocenters. The highest BCUT2D eigenvalue weighted by Gasteiger charge is 2.46. The summed E-state index contributed by atoms with van der Waals surface area (Å²) in [5, 5.41) is 0. The van der Waals surface area contributed by atoms with Gasteiger partial charge in [-0.25, -0.2) is 0 Å². The van der Waals surface area contributed by atoms with Crippen LogP contribution in [0.4, 0.5) is 0 Å². The Morgan fingerprint density at radius 1 is 0.879 bits per heavy atom. The van der Waals surface area contributed by atoms with E-state index in [2.05, 4.69) is 155 Å². The smallest absolute Gasteiger partial charge is 0.105 e. The second-order valence-corrected chi connectivity index (χ2v) is 20.7. The highest BCUT2D eigenvalue weighted by molar-refractivity contribution is 5.73. The highest BCUT2D eigenvalue weighted by Crippen LogP contribution is 2.54. The molecule has 0 N–H and O–H groups in total. The van der Waals surface area contributed by atoms with Gasteiger partial charge in [0.1, 0.15) is 11.9 Å². The summed E-state index contributed by atoms with van der Waals surface area (Å²) in [4.78, 5) is 2.54. The third-order valence-electron chi connectivity index (χ3n) is 15.9. The lowest BCUT2D eigenvalue weighted by atomic mass is 9.77. The molecule has 0 saturated carbocycles. The maximum absolute atomic E-state index is 6.82. The van der Waals surface area contributed by atoms with E-state index >= 15 is 0 Å². The van der Waals surface area contributed by atoms with Gasteiger partial charge in [0.25, 0.3) is 0 Å². The van der Waals surface area contributed by atoms with Gasteiger partial charge in [-0.1, -0.05) is 164 Å². The van der Waals surface area contributed by atoms with E-state index in [9.17, 15) is 0 Å². The van der Waals surface area contributed by atoms with Crippen LogP contribution in [0.5, 0.6) is 0 Å². The van der Waals surface area contributed by atoms with Crippen molar-refractivity contribution in [2.24, 2.45) is 29.1 Å². The summed E-state index contributed by atoms with van der Waals surface area (Å²) in [5.41, 5.74) is 18.9. The van der Waals surface area contributed by atoms with Crippen LogP contribution in [-0.2, 0) is 17.6 Å². The lowest BCUT2D eigenvalue weighted by Gasteiger charge is -2.31. The van der Waals surface area contributed by atoms with Crippen LogP contribution in [0.2, 0.25) is 0 Å². The number of aromatic nitrogens is 1. The SMILES string of the molecule is C=CC=C(c1ccccc1)C(C)CN(CC=C1C(=CCC)C2=C(C=CCC2)C1(C)C)C(=C)CCCC(=C)C(=C)CCCC(=C)n1c2c(c3c1C=C1OC4C(C)CC=CCC4C1C3)CCC=C2. The largest absolute Gasteiger partial charge is 0.494 e. The van der Waals surface area contributed by atoms with Gasteiger partial charge < -0.3 is 14.2 Å². The van der Waals surface area contributed by atoms with Crippen molar-refractivity contribution in [3.8, 4) is 0 Å². The Kier molecular flexibility index (Phi) is 14.8. The Morgan fingerprint density at radius 3 is 2.36 bits per heavy atom. The lowest BCUT2D eigenvalue weighted by molar-refractivity contribution is 0.0845. The quantitative estimate of drug-likeness (QED) is 0.103. The van der Waals surface area contributed by atoms with Crippen LogP contribution in [0.3, 0.4) is 0 Å². The first-order valence-electron chi connectivity index (χ1n) is 25.6. The molecule has 1 aromatic carbocycles. The number of nitrogens with zero attached hydrogens (tertiary/aromatic N) is 2. The third-order valence-corrected chi connectivity index (χ3v) is 15.9. The van der Waals surface area contributed by atoms with Crippen molar-refractivity contribution in [1.82, 2.24) is 9.47 Å². The van der Waals surface area contributed by atoms with Crippen molar-refractivity contribution >= 4 is 23.4 Å². The molecule has 1 saturated heterocycles. The van der Waals surface area contributed by atoms with Crippen molar-refractivity contribution in [2.75, 3.05) is 13.1 Å². The molecular weight excluding hydrogens is 801 g/mol. The molecule has 3 nitrogen and oxygen atoms in total. The first-order valence-corrected chi connectivity index (χ1v) is 25.6. The zero-order valence-corrected chi connectivity index (χ0v) is 41.3. The summed E-state index contributed by atoms with van der Waals surface area (Å²) in [6.45, 7) is 36.2. The van der Waals surface area contributed by atoms with E-state index in [0.29, 0.717) is 23.9 Å². The Hall–Kier alpha value is -5.28. The fourth-order valence-corrected chi connectivity index (χ4v) is 12.2. The molecule has 0 radical (unpaired) electrons. The first kappa shape index (κ1) is 47.2. The van der Waals surface area contributed by atoms with Crippen LogP contribution in [0.1, 0.15) is 140 Å². The molecule has 2 heterocycles. The fourth-order valence-electron chi connectivity index (χ4n) is 12.2. The van der Waals surface area contributed by atoms with E-state index in [1.807, 2.05) is 6.08 Å². The van der Waals surface area contributed by atoms with Crippen LogP contribution >= 0.6 is 0 Å². The monoisotopic (exact) mass is 879 g/mol. The minimum atomic E-state index is -0.0208. The van der Waals surface area contributed by atoms with E-state index < -0.39 is 0 Å². The van der Waals surface area contributed by atoms with Crippen LogP contribution in [0, 0.1) is 29.1 Å². The topological polar surface area (TPSA) is 17.4 Å². The summed E-state index contributed by atoms with van der Waals surface area (Å²) >= 11 is 0. The summed E-state index contributed by atoms with van der Waals surface area (Å²) < 4.78 is 9.30. The third kappa shape index (κ3) is 9.60. The van der Waals surface area contributed by atoms with Crippen molar-refractivity contribution in [3.63, 3.8) is 0 Å². The number of ether oxygens (including phenoxy) is 1. The first-order chi connectivity index (χ1) is 31.9. The molecule has 0 bridgehead atoms. The maximum Gasteiger partial charge on any atom is 0.105 e. The van der Waals surface area contributed by atoms with Crippen LogP contribution in [-0.4, -0.2) is 28.7 Å². The average Bonchev–Trinajstić information content (AvgIpc) is 3.86. The molecule has 0 spiro atoms. The predicted molar refractivity (Wildman–Crippen MR) is 284 cm³/mol. The molecule has 66 heavy (non-hydrogen) atoms. The second kappa shape index (κ2) is 20.7. The van der Waals surface area contributed by atoms with E-state index in [1.54, 1.807) is 5.57 Å². The number of rotatable bonds is 19.